The van der Waals surface area contributed by atoms with Crippen LogP contribution in [0.5, 0.6) is 0 Å². The van der Waals surface area contributed by atoms with Crippen LogP contribution in [0.25, 0.3) is 0 Å². The molecule has 2 aromatic heterocycles. The summed E-state index contributed by atoms with van der Waals surface area (Å²) in [6, 6.07) is 9.33. The van der Waals surface area contributed by atoms with Gasteiger partial charge in [0.25, 0.3) is 5.91 Å². The van der Waals surface area contributed by atoms with E-state index in [1.807, 2.05) is 38.1 Å². The zero-order valence-corrected chi connectivity index (χ0v) is 12.6. The summed E-state index contributed by atoms with van der Waals surface area (Å²) < 4.78 is 0. The summed E-state index contributed by atoms with van der Waals surface area (Å²) in [6.07, 6.45) is 0.787. The number of carbonyl (C=O) groups is 1. The summed E-state index contributed by atoms with van der Waals surface area (Å²) >= 11 is 0. The van der Waals surface area contributed by atoms with E-state index in [0.717, 1.165) is 23.5 Å². The standard InChI is InChI=1S/C16H20N4O/c1-4-13-8-12(9-15(17-3)20-13)16(21)18-10-14-7-5-6-11(2)19-14/h5-9H,4,10H2,1-3H3,(H,17,20)(H,18,21). The van der Waals surface area contributed by atoms with E-state index < -0.39 is 0 Å². The zero-order chi connectivity index (χ0) is 15.2. The summed E-state index contributed by atoms with van der Waals surface area (Å²) in [5, 5.41) is 5.86. The van der Waals surface area contributed by atoms with Gasteiger partial charge in [0.05, 0.1) is 12.2 Å². The maximum absolute atomic E-state index is 12.2. The Hall–Kier alpha value is -2.43. The van der Waals surface area contributed by atoms with Gasteiger partial charge in [-0.2, -0.15) is 0 Å². The molecule has 2 aromatic rings. The third kappa shape index (κ3) is 4.02. The topological polar surface area (TPSA) is 66.9 Å². The number of hydrogen-bond acceptors (Lipinski definition) is 4. The average Bonchev–Trinajstić information content (AvgIpc) is 2.52. The van der Waals surface area contributed by atoms with Crippen LogP contribution in [-0.4, -0.2) is 22.9 Å². The smallest absolute Gasteiger partial charge is 0.251 e. The normalized spacial score (nSPS) is 10.2. The molecule has 2 N–H and O–H groups in total. The van der Waals surface area contributed by atoms with E-state index in [-0.39, 0.29) is 5.91 Å². The molecule has 0 fully saturated rings. The molecule has 0 aromatic carbocycles. The van der Waals surface area contributed by atoms with Crippen LogP contribution in [0.1, 0.15) is 34.4 Å². The molecule has 0 radical (unpaired) electrons. The van der Waals surface area contributed by atoms with Crippen LogP contribution in [0.3, 0.4) is 0 Å². The Bertz CT molecular complexity index is 618. The van der Waals surface area contributed by atoms with Crippen LogP contribution in [-0.2, 0) is 13.0 Å². The number of anilines is 1. The largest absolute Gasteiger partial charge is 0.373 e. The van der Waals surface area contributed by atoms with Crippen molar-refractivity contribution >= 4 is 11.7 Å². The third-order valence-corrected chi connectivity index (χ3v) is 3.14. The second-order valence-electron chi connectivity index (χ2n) is 4.79. The predicted octanol–water partition coefficient (Wildman–Crippen LogP) is 2.32. The molecule has 2 rings (SSSR count). The quantitative estimate of drug-likeness (QED) is 0.884. The molecule has 110 valence electrons. The number of aromatic nitrogens is 2. The number of amides is 1. The van der Waals surface area contributed by atoms with Crippen molar-refractivity contribution in [1.82, 2.24) is 15.3 Å². The highest BCUT2D eigenvalue weighted by atomic mass is 16.1. The summed E-state index contributed by atoms with van der Waals surface area (Å²) in [5.74, 6) is 0.583. The fourth-order valence-corrected chi connectivity index (χ4v) is 2.00. The van der Waals surface area contributed by atoms with Gasteiger partial charge in [-0.15, -0.1) is 0 Å². The predicted molar refractivity (Wildman–Crippen MR) is 83.3 cm³/mol. The van der Waals surface area contributed by atoms with Crippen molar-refractivity contribution in [2.24, 2.45) is 0 Å². The molecule has 0 unspecified atom stereocenters. The minimum atomic E-state index is -0.119. The molecular weight excluding hydrogens is 264 g/mol. The van der Waals surface area contributed by atoms with Gasteiger partial charge in [0.15, 0.2) is 0 Å². The van der Waals surface area contributed by atoms with E-state index in [2.05, 4.69) is 20.6 Å². The highest BCUT2D eigenvalue weighted by Crippen LogP contribution is 2.11. The second-order valence-corrected chi connectivity index (χ2v) is 4.79. The molecule has 0 bridgehead atoms. The molecule has 0 aliphatic heterocycles. The maximum atomic E-state index is 12.2. The molecule has 2 heterocycles. The van der Waals surface area contributed by atoms with Gasteiger partial charge >= 0.3 is 0 Å². The summed E-state index contributed by atoms with van der Waals surface area (Å²) in [5.41, 5.74) is 3.29. The van der Waals surface area contributed by atoms with Crippen molar-refractivity contribution in [2.45, 2.75) is 26.8 Å². The van der Waals surface area contributed by atoms with E-state index in [9.17, 15) is 4.79 Å². The number of nitrogens with one attached hydrogen (secondary N) is 2. The van der Waals surface area contributed by atoms with E-state index in [1.165, 1.54) is 0 Å². The second kappa shape index (κ2) is 6.83. The number of aryl methyl sites for hydroxylation is 2. The van der Waals surface area contributed by atoms with Crippen molar-refractivity contribution in [2.75, 3.05) is 12.4 Å². The lowest BCUT2D eigenvalue weighted by molar-refractivity contribution is 0.0950. The molecule has 0 aliphatic carbocycles. The molecule has 5 heteroatoms. The Morgan fingerprint density at radius 3 is 2.67 bits per heavy atom. The lowest BCUT2D eigenvalue weighted by atomic mass is 10.1. The molecular formula is C16H20N4O. The zero-order valence-electron chi connectivity index (χ0n) is 12.6. The summed E-state index contributed by atoms with van der Waals surface area (Å²) in [7, 11) is 1.79. The molecule has 0 saturated carbocycles. The lowest BCUT2D eigenvalue weighted by Gasteiger charge is -2.09. The van der Waals surface area contributed by atoms with Crippen molar-refractivity contribution in [3.8, 4) is 0 Å². The van der Waals surface area contributed by atoms with Crippen molar-refractivity contribution in [3.63, 3.8) is 0 Å². The Kier molecular flexibility index (Phi) is 4.87. The molecule has 0 aliphatic rings. The van der Waals surface area contributed by atoms with Crippen LogP contribution in [0, 0.1) is 6.92 Å². The van der Waals surface area contributed by atoms with E-state index in [1.54, 1.807) is 13.1 Å². The number of rotatable bonds is 5. The van der Waals surface area contributed by atoms with Gasteiger partial charge in [0.1, 0.15) is 5.82 Å². The summed E-state index contributed by atoms with van der Waals surface area (Å²) in [6.45, 7) is 4.36. The van der Waals surface area contributed by atoms with Gasteiger partial charge < -0.3 is 10.6 Å². The fraction of sp³-hybridized carbons (Fsp3) is 0.312. The molecule has 0 saturated heterocycles. The van der Waals surface area contributed by atoms with Crippen molar-refractivity contribution in [1.29, 1.82) is 0 Å². The first kappa shape index (κ1) is 15.0. The molecule has 5 nitrogen and oxygen atoms in total. The van der Waals surface area contributed by atoms with Crippen LogP contribution >= 0.6 is 0 Å². The Morgan fingerprint density at radius 1 is 1.19 bits per heavy atom. The molecule has 21 heavy (non-hydrogen) atoms. The van der Waals surface area contributed by atoms with E-state index in [0.29, 0.717) is 17.9 Å². The van der Waals surface area contributed by atoms with Gasteiger partial charge in [-0.25, -0.2) is 4.98 Å². The SMILES string of the molecule is CCc1cc(C(=O)NCc2cccc(C)n2)cc(NC)n1. The summed E-state index contributed by atoms with van der Waals surface area (Å²) in [4.78, 5) is 21.0. The van der Waals surface area contributed by atoms with Gasteiger partial charge in [-0.3, -0.25) is 9.78 Å². The van der Waals surface area contributed by atoms with E-state index >= 15 is 0 Å². The number of nitrogens with zero attached hydrogens (tertiary/aromatic N) is 2. The Morgan fingerprint density at radius 2 is 2.00 bits per heavy atom. The average molecular weight is 284 g/mol. The third-order valence-electron chi connectivity index (χ3n) is 3.14. The number of hydrogen-bond donors (Lipinski definition) is 2. The highest BCUT2D eigenvalue weighted by Gasteiger charge is 2.09. The number of carbonyl (C=O) groups excluding carboxylic acids is 1. The minimum absolute atomic E-state index is 0.119. The van der Waals surface area contributed by atoms with Crippen LogP contribution in [0.15, 0.2) is 30.3 Å². The fourth-order valence-electron chi connectivity index (χ4n) is 2.00. The molecule has 0 atom stereocenters. The van der Waals surface area contributed by atoms with Gasteiger partial charge in [-0.05, 0) is 37.6 Å². The maximum Gasteiger partial charge on any atom is 0.251 e. The van der Waals surface area contributed by atoms with Gasteiger partial charge in [0, 0.05) is 24.0 Å². The Balaban J connectivity index is 2.09. The number of pyridine rings is 2. The first-order valence-electron chi connectivity index (χ1n) is 7.02. The van der Waals surface area contributed by atoms with E-state index in [4.69, 9.17) is 0 Å². The van der Waals surface area contributed by atoms with Crippen LogP contribution < -0.4 is 10.6 Å². The first-order chi connectivity index (χ1) is 10.1. The lowest BCUT2D eigenvalue weighted by Crippen LogP contribution is -2.23. The van der Waals surface area contributed by atoms with Crippen molar-refractivity contribution in [3.05, 3.63) is 53.0 Å². The first-order valence-corrected chi connectivity index (χ1v) is 7.02. The molecule has 1 amide bonds. The Labute approximate surface area is 124 Å². The monoisotopic (exact) mass is 284 g/mol. The van der Waals surface area contributed by atoms with Gasteiger partial charge in [-0.1, -0.05) is 13.0 Å². The van der Waals surface area contributed by atoms with Gasteiger partial charge in [0.2, 0.25) is 0 Å². The van der Waals surface area contributed by atoms with Crippen LogP contribution in [0.2, 0.25) is 0 Å². The molecule has 0 spiro atoms. The van der Waals surface area contributed by atoms with Crippen LogP contribution in [0.4, 0.5) is 5.82 Å². The minimum Gasteiger partial charge on any atom is -0.373 e. The highest BCUT2D eigenvalue weighted by molar-refractivity contribution is 5.94. The van der Waals surface area contributed by atoms with Crippen molar-refractivity contribution < 1.29 is 4.79 Å².